The van der Waals surface area contributed by atoms with E-state index in [9.17, 15) is 0 Å². The van der Waals surface area contributed by atoms with E-state index >= 15 is 0 Å². The van der Waals surface area contributed by atoms with Crippen LogP contribution < -0.4 is 25.7 Å². The molecule has 0 bridgehead atoms. The second kappa shape index (κ2) is 8.87. The number of rotatable bonds is 6. The Balaban J connectivity index is 2.07. The normalized spacial score (nSPS) is 12.5. The van der Waals surface area contributed by atoms with Gasteiger partial charge in [0, 0.05) is 0 Å². The third-order valence-corrected chi connectivity index (χ3v) is 12.3. The van der Waals surface area contributed by atoms with Crippen molar-refractivity contribution in [2.24, 2.45) is 0 Å². The molecule has 0 saturated carbocycles. The van der Waals surface area contributed by atoms with Crippen molar-refractivity contribution in [3.63, 3.8) is 0 Å². The number of hydrogen-bond acceptors (Lipinski definition) is 1. The summed E-state index contributed by atoms with van der Waals surface area (Å²) in [5, 5.41) is 4.95. The zero-order valence-electron chi connectivity index (χ0n) is 18.1. The molecule has 0 aliphatic rings. The van der Waals surface area contributed by atoms with Gasteiger partial charge in [-0.3, -0.25) is 0 Å². The molecule has 0 unspecified atom stereocenters. The maximum atomic E-state index is 7.46. The number of benzene rings is 5. The van der Waals surface area contributed by atoms with Crippen LogP contribution in [0.1, 0.15) is 0 Å². The molecule has 0 aliphatic carbocycles. The van der Waals surface area contributed by atoms with Gasteiger partial charge in [-0.05, 0) is 0 Å². The second-order valence-corrected chi connectivity index (χ2v) is 12.6. The Labute approximate surface area is 200 Å². The summed E-state index contributed by atoms with van der Waals surface area (Å²) in [6.45, 7) is -3.80. The summed E-state index contributed by atoms with van der Waals surface area (Å²) in [6.07, 6.45) is 0. The predicted octanol–water partition coefficient (Wildman–Crippen LogP) is 6.49. The molecule has 5 aromatic rings. The number of hydrogen-bond donors (Lipinski definition) is 0. The van der Waals surface area contributed by atoms with Crippen LogP contribution in [0.4, 0.5) is 0 Å². The van der Waals surface area contributed by atoms with Crippen LogP contribution in [0, 0.1) is 0 Å². The molecule has 0 radical (unpaired) electrons. The molecule has 3 heteroatoms. The van der Waals surface area contributed by atoms with Crippen molar-refractivity contribution in [2.45, 2.75) is 0 Å². The molecule has 0 aliphatic heterocycles. The maximum absolute atomic E-state index is 7.46. The monoisotopic (exact) mass is 466 g/mol. The Morgan fingerprint density at radius 3 is 1.21 bits per heavy atom. The first-order valence-corrected chi connectivity index (χ1v) is 13.5. The zero-order chi connectivity index (χ0) is 22.6. The molecular formula is C30H24ClOP. The molecule has 0 spiro atoms. The molecule has 0 amide bonds. The van der Waals surface area contributed by atoms with Crippen LogP contribution in [0.25, 0.3) is 0 Å². The van der Waals surface area contributed by atoms with E-state index in [0.29, 0.717) is 5.02 Å². The fourth-order valence-corrected chi connectivity index (χ4v) is 11.1. The Hall–Kier alpha value is -3.38. The van der Waals surface area contributed by atoms with Crippen molar-refractivity contribution in [2.75, 3.05) is 0 Å². The van der Waals surface area contributed by atoms with E-state index in [0.717, 1.165) is 27.0 Å². The molecule has 0 N–H and O–H groups in total. The Morgan fingerprint density at radius 2 is 0.788 bits per heavy atom. The summed E-state index contributed by atoms with van der Waals surface area (Å²) in [6, 6.07) is 49.8. The van der Waals surface area contributed by atoms with Crippen LogP contribution in [0.15, 0.2) is 146 Å². The van der Waals surface area contributed by atoms with Crippen molar-refractivity contribution in [1.82, 2.24) is 0 Å². The van der Waals surface area contributed by atoms with E-state index in [1.807, 2.05) is 66.7 Å². The standard InChI is InChI=1S/C30H24ClOP/c31-29-23-13-14-24-30(29)33(26-17-7-2-8-18-26,27-19-9-3-10-20-27,28-21-11-4-12-22-28)32-25-15-5-1-6-16-25/h1-24H. The van der Waals surface area contributed by atoms with Gasteiger partial charge in [0.2, 0.25) is 0 Å². The fraction of sp³-hybridized carbons (Fsp3) is 0. The van der Waals surface area contributed by atoms with Gasteiger partial charge in [0.1, 0.15) is 0 Å². The van der Waals surface area contributed by atoms with Crippen molar-refractivity contribution in [3.05, 3.63) is 151 Å². The van der Waals surface area contributed by atoms with E-state index < -0.39 is 6.83 Å². The zero-order valence-corrected chi connectivity index (χ0v) is 19.7. The quantitative estimate of drug-likeness (QED) is 0.260. The molecule has 0 aromatic heterocycles. The van der Waals surface area contributed by atoms with Crippen molar-refractivity contribution in [1.29, 1.82) is 0 Å². The Bertz CT molecular complexity index is 1240. The van der Waals surface area contributed by atoms with Crippen LogP contribution >= 0.6 is 18.4 Å². The van der Waals surface area contributed by atoms with E-state index in [4.69, 9.17) is 16.1 Å². The summed E-state index contributed by atoms with van der Waals surface area (Å²) in [7, 11) is 0. The van der Waals surface area contributed by atoms with Crippen LogP contribution in [0.5, 0.6) is 5.75 Å². The summed E-state index contributed by atoms with van der Waals surface area (Å²) < 4.78 is 7.46. The predicted molar refractivity (Wildman–Crippen MR) is 143 cm³/mol. The van der Waals surface area contributed by atoms with Gasteiger partial charge in [-0.2, -0.15) is 0 Å². The van der Waals surface area contributed by atoms with Gasteiger partial charge in [-0.1, -0.05) is 0 Å². The van der Waals surface area contributed by atoms with Gasteiger partial charge >= 0.3 is 201 Å². The van der Waals surface area contributed by atoms with Gasteiger partial charge in [0.05, 0.1) is 0 Å². The molecular weight excluding hydrogens is 443 g/mol. The van der Waals surface area contributed by atoms with E-state index in [1.54, 1.807) is 0 Å². The number of para-hydroxylation sites is 1. The van der Waals surface area contributed by atoms with Crippen LogP contribution in [-0.4, -0.2) is 0 Å². The minimum atomic E-state index is -3.80. The van der Waals surface area contributed by atoms with Gasteiger partial charge in [0.25, 0.3) is 0 Å². The molecule has 0 fully saturated rings. The molecule has 0 heterocycles. The third-order valence-electron chi connectivity index (χ3n) is 6.09. The number of halogens is 1. The summed E-state index contributed by atoms with van der Waals surface area (Å²) in [5.41, 5.74) is 0. The van der Waals surface area contributed by atoms with Gasteiger partial charge in [-0.15, -0.1) is 0 Å². The molecule has 33 heavy (non-hydrogen) atoms. The summed E-state index contributed by atoms with van der Waals surface area (Å²) >= 11 is 7.07. The molecule has 5 rings (SSSR count). The Morgan fingerprint density at radius 1 is 0.424 bits per heavy atom. The first kappa shape index (κ1) is 21.5. The van der Waals surface area contributed by atoms with E-state index in [-0.39, 0.29) is 0 Å². The van der Waals surface area contributed by atoms with E-state index in [1.165, 1.54) is 0 Å². The van der Waals surface area contributed by atoms with Gasteiger partial charge in [-0.25, -0.2) is 0 Å². The first-order valence-electron chi connectivity index (χ1n) is 10.9. The van der Waals surface area contributed by atoms with Crippen molar-refractivity contribution in [3.8, 4) is 5.75 Å². The third kappa shape index (κ3) is 3.37. The molecule has 162 valence electrons. The van der Waals surface area contributed by atoms with Crippen molar-refractivity contribution < 1.29 is 4.52 Å². The molecule has 1 nitrogen and oxygen atoms in total. The van der Waals surface area contributed by atoms with Crippen LogP contribution in [-0.2, 0) is 0 Å². The summed E-state index contributed by atoms with van der Waals surface area (Å²) in [4.78, 5) is 0. The molecule has 5 aromatic carbocycles. The topological polar surface area (TPSA) is 9.23 Å². The molecule has 0 atom stereocenters. The van der Waals surface area contributed by atoms with Gasteiger partial charge < -0.3 is 0 Å². The molecule has 0 saturated heterocycles. The minimum absolute atomic E-state index is 0.683. The average Bonchev–Trinajstić information content (AvgIpc) is 2.90. The van der Waals surface area contributed by atoms with E-state index in [2.05, 4.69) is 78.9 Å². The van der Waals surface area contributed by atoms with Gasteiger partial charge in [0.15, 0.2) is 0 Å². The van der Waals surface area contributed by atoms with Crippen LogP contribution in [0.3, 0.4) is 0 Å². The fourth-order valence-electron chi connectivity index (χ4n) is 4.70. The summed E-state index contributed by atoms with van der Waals surface area (Å²) in [5.74, 6) is 0.798. The van der Waals surface area contributed by atoms with Crippen LogP contribution in [0.2, 0.25) is 5.02 Å². The SMILES string of the molecule is Clc1ccccc1P(Oc1ccccc1)(c1ccccc1)(c1ccccc1)c1ccccc1. The van der Waals surface area contributed by atoms with Crippen molar-refractivity contribution >= 4 is 39.6 Å². The second-order valence-electron chi connectivity index (χ2n) is 7.90. The average molecular weight is 467 g/mol. The Kier molecular flexibility index (Phi) is 5.77. The first-order chi connectivity index (χ1) is 16.3.